The van der Waals surface area contributed by atoms with Gasteiger partial charge in [-0.15, -0.1) is 0 Å². The van der Waals surface area contributed by atoms with E-state index in [9.17, 15) is 13.2 Å². The quantitative estimate of drug-likeness (QED) is 0.813. The lowest BCUT2D eigenvalue weighted by Gasteiger charge is -2.32. The van der Waals surface area contributed by atoms with Gasteiger partial charge in [-0.3, -0.25) is 4.79 Å². The Balaban J connectivity index is 1.66. The number of rotatable bonds is 5. The topological polar surface area (TPSA) is 92.5 Å². The molecule has 1 saturated heterocycles. The summed E-state index contributed by atoms with van der Waals surface area (Å²) < 4.78 is 27.2. The Morgan fingerprint density at radius 1 is 1.19 bits per heavy atom. The second-order valence-corrected chi connectivity index (χ2v) is 9.49. The highest BCUT2D eigenvalue weighted by Gasteiger charge is 2.35. The Kier molecular flexibility index (Phi) is 5.99. The molecule has 3 rings (SSSR count). The van der Waals surface area contributed by atoms with E-state index in [0.717, 1.165) is 31.2 Å². The zero-order chi connectivity index (χ0) is 18.7. The standard InChI is InChI=1S/C19H29N3O3S/c1-14-7-9-17(10-8-14)26(24,25)22-11-3-5-16(13-22)19(23)21-18-6-2-4-15(18)12-20/h7-10,15-16,18H,2-6,11-13,20H2,1H3,(H,21,23). The lowest BCUT2D eigenvalue weighted by atomic mass is 9.97. The van der Waals surface area contributed by atoms with E-state index in [1.54, 1.807) is 24.3 Å². The summed E-state index contributed by atoms with van der Waals surface area (Å²) in [5.74, 6) is 0.0251. The van der Waals surface area contributed by atoms with Gasteiger partial charge in [0.25, 0.3) is 0 Å². The van der Waals surface area contributed by atoms with Crippen LogP contribution in [0.15, 0.2) is 29.2 Å². The van der Waals surface area contributed by atoms with Crippen LogP contribution in [0.5, 0.6) is 0 Å². The molecule has 3 unspecified atom stereocenters. The average Bonchev–Trinajstić information content (AvgIpc) is 3.09. The van der Waals surface area contributed by atoms with Crippen LogP contribution in [-0.2, 0) is 14.8 Å². The van der Waals surface area contributed by atoms with Gasteiger partial charge in [-0.1, -0.05) is 24.1 Å². The second-order valence-electron chi connectivity index (χ2n) is 7.56. The molecule has 0 radical (unpaired) electrons. The molecule has 1 aromatic rings. The lowest BCUT2D eigenvalue weighted by Crippen LogP contribution is -2.48. The van der Waals surface area contributed by atoms with Gasteiger partial charge in [0.05, 0.1) is 10.8 Å². The first-order valence-electron chi connectivity index (χ1n) is 9.49. The number of hydrogen-bond acceptors (Lipinski definition) is 4. The minimum absolute atomic E-state index is 0.0286. The molecule has 6 nitrogen and oxygen atoms in total. The van der Waals surface area contributed by atoms with E-state index in [0.29, 0.717) is 30.3 Å². The number of nitrogens with zero attached hydrogens (tertiary/aromatic N) is 1. The van der Waals surface area contributed by atoms with E-state index >= 15 is 0 Å². The fourth-order valence-corrected chi connectivity index (χ4v) is 5.57. The van der Waals surface area contributed by atoms with Crippen molar-refractivity contribution in [2.45, 2.75) is 50.0 Å². The van der Waals surface area contributed by atoms with Crippen LogP contribution in [0.3, 0.4) is 0 Å². The molecule has 0 bridgehead atoms. The molecule has 2 aliphatic rings. The van der Waals surface area contributed by atoms with Crippen LogP contribution in [0, 0.1) is 18.8 Å². The van der Waals surface area contributed by atoms with Crippen molar-refractivity contribution in [3.05, 3.63) is 29.8 Å². The number of hydrogen-bond donors (Lipinski definition) is 2. The summed E-state index contributed by atoms with van der Waals surface area (Å²) in [5, 5.41) is 3.13. The molecular formula is C19H29N3O3S. The molecule has 2 fully saturated rings. The zero-order valence-electron chi connectivity index (χ0n) is 15.4. The summed E-state index contributed by atoms with van der Waals surface area (Å²) in [6.45, 7) is 3.23. The second kappa shape index (κ2) is 8.06. The molecule has 1 aromatic carbocycles. The highest BCUT2D eigenvalue weighted by molar-refractivity contribution is 7.89. The van der Waals surface area contributed by atoms with Crippen molar-refractivity contribution >= 4 is 15.9 Å². The molecule has 1 aliphatic carbocycles. The van der Waals surface area contributed by atoms with Crippen molar-refractivity contribution in [1.82, 2.24) is 9.62 Å². The highest BCUT2D eigenvalue weighted by Crippen LogP contribution is 2.27. The van der Waals surface area contributed by atoms with Gasteiger partial charge in [-0.25, -0.2) is 8.42 Å². The molecular weight excluding hydrogens is 350 g/mol. The molecule has 1 amide bonds. The number of amides is 1. The Hall–Kier alpha value is -1.44. The Labute approximate surface area is 156 Å². The SMILES string of the molecule is Cc1ccc(S(=O)(=O)N2CCCC(C(=O)NC3CCCC3CN)C2)cc1. The summed E-state index contributed by atoms with van der Waals surface area (Å²) in [6, 6.07) is 7.01. The van der Waals surface area contributed by atoms with Crippen molar-refractivity contribution < 1.29 is 13.2 Å². The van der Waals surface area contributed by atoms with Gasteiger partial charge in [0, 0.05) is 19.1 Å². The summed E-state index contributed by atoms with van der Waals surface area (Å²) in [4.78, 5) is 13.0. The maximum Gasteiger partial charge on any atom is 0.243 e. The third-order valence-corrected chi connectivity index (χ3v) is 7.58. The summed E-state index contributed by atoms with van der Waals surface area (Å²) in [5.41, 5.74) is 6.81. The van der Waals surface area contributed by atoms with E-state index < -0.39 is 10.0 Å². The number of nitrogens with two attached hydrogens (primary N) is 1. The summed E-state index contributed by atoms with van der Waals surface area (Å²) >= 11 is 0. The van der Waals surface area contributed by atoms with Gasteiger partial charge in [0.1, 0.15) is 0 Å². The summed E-state index contributed by atoms with van der Waals surface area (Å²) in [6.07, 6.45) is 4.54. The first-order chi connectivity index (χ1) is 12.4. The first kappa shape index (κ1) is 19.3. The van der Waals surface area contributed by atoms with Crippen LogP contribution in [0.25, 0.3) is 0 Å². The number of carbonyl (C=O) groups is 1. The van der Waals surface area contributed by atoms with Gasteiger partial charge >= 0.3 is 0 Å². The van der Waals surface area contributed by atoms with Crippen LogP contribution in [0.2, 0.25) is 0 Å². The number of carbonyl (C=O) groups excluding carboxylic acids is 1. The molecule has 26 heavy (non-hydrogen) atoms. The van der Waals surface area contributed by atoms with Gasteiger partial charge < -0.3 is 11.1 Å². The molecule has 7 heteroatoms. The Morgan fingerprint density at radius 2 is 1.92 bits per heavy atom. The Morgan fingerprint density at radius 3 is 2.62 bits per heavy atom. The minimum Gasteiger partial charge on any atom is -0.353 e. The lowest BCUT2D eigenvalue weighted by molar-refractivity contribution is -0.127. The van der Waals surface area contributed by atoms with Crippen molar-refractivity contribution in [3.8, 4) is 0 Å². The van der Waals surface area contributed by atoms with E-state index in [4.69, 9.17) is 5.73 Å². The maximum atomic E-state index is 12.9. The smallest absolute Gasteiger partial charge is 0.243 e. The van der Waals surface area contributed by atoms with E-state index in [1.165, 1.54) is 4.31 Å². The fraction of sp³-hybridized carbons (Fsp3) is 0.632. The zero-order valence-corrected chi connectivity index (χ0v) is 16.2. The first-order valence-corrected chi connectivity index (χ1v) is 10.9. The van der Waals surface area contributed by atoms with Crippen LogP contribution in [0.4, 0.5) is 0 Å². The van der Waals surface area contributed by atoms with E-state index in [2.05, 4.69) is 5.32 Å². The van der Waals surface area contributed by atoms with E-state index in [1.807, 2.05) is 6.92 Å². The van der Waals surface area contributed by atoms with Crippen LogP contribution in [-0.4, -0.2) is 44.3 Å². The van der Waals surface area contributed by atoms with E-state index in [-0.39, 0.29) is 24.4 Å². The normalized spacial score (nSPS) is 27.4. The van der Waals surface area contributed by atoms with Crippen LogP contribution >= 0.6 is 0 Å². The number of nitrogens with one attached hydrogen (secondary N) is 1. The third-order valence-electron chi connectivity index (χ3n) is 5.70. The van der Waals surface area contributed by atoms with Crippen LogP contribution in [0.1, 0.15) is 37.7 Å². The Bertz CT molecular complexity index is 733. The number of benzene rings is 1. The van der Waals surface area contributed by atoms with Crippen molar-refractivity contribution in [1.29, 1.82) is 0 Å². The molecule has 3 atom stereocenters. The minimum atomic E-state index is -3.55. The molecule has 1 heterocycles. The number of sulfonamides is 1. The molecule has 3 N–H and O–H groups in total. The van der Waals surface area contributed by atoms with Crippen molar-refractivity contribution in [2.75, 3.05) is 19.6 Å². The van der Waals surface area contributed by atoms with Gasteiger partial charge in [0.15, 0.2) is 0 Å². The maximum absolute atomic E-state index is 12.9. The van der Waals surface area contributed by atoms with Crippen LogP contribution < -0.4 is 11.1 Å². The predicted octanol–water partition coefficient (Wildman–Crippen LogP) is 1.64. The number of piperidine rings is 1. The molecule has 0 aromatic heterocycles. The highest BCUT2D eigenvalue weighted by atomic mass is 32.2. The monoisotopic (exact) mass is 379 g/mol. The fourth-order valence-electron chi connectivity index (χ4n) is 4.04. The average molecular weight is 380 g/mol. The number of aryl methyl sites for hydroxylation is 1. The molecule has 0 spiro atoms. The molecule has 1 saturated carbocycles. The molecule has 144 valence electrons. The van der Waals surface area contributed by atoms with Gasteiger partial charge in [0.2, 0.25) is 15.9 Å². The van der Waals surface area contributed by atoms with Crippen molar-refractivity contribution in [2.24, 2.45) is 17.6 Å². The van der Waals surface area contributed by atoms with Gasteiger partial charge in [-0.2, -0.15) is 4.31 Å². The molecule has 1 aliphatic heterocycles. The third kappa shape index (κ3) is 4.10. The predicted molar refractivity (Wildman–Crippen MR) is 101 cm³/mol. The summed E-state index contributed by atoms with van der Waals surface area (Å²) in [7, 11) is -3.55. The van der Waals surface area contributed by atoms with Gasteiger partial charge in [-0.05, 0) is 57.2 Å². The largest absolute Gasteiger partial charge is 0.353 e. The van der Waals surface area contributed by atoms with Crippen molar-refractivity contribution in [3.63, 3.8) is 0 Å².